The summed E-state index contributed by atoms with van der Waals surface area (Å²) in [6.45, 7) is -2.92. The molecule has 3 aromatic rings. The van der Waals surface area contributed by atoms with E-state index in [0.29, 0.717) is 17.5 Å². The Balaban J connectivity index is 1.67. The number of hydrogen-bond donors (Lipinski definition) is 0. The van der Waals surface area contributed by atoms with E-state index in [9.17, 15) is 22.0 Å². The van der Waals surface area contributed by atoms with E-state index in [2.05, 4.69) is 9.72 Å². The Morgan fingerprint density at radius 1 is 1.10 bits per heavy atom. The monoisotopic (exact) mass is 601 g/mol. The number of aromatic nitrogens is 1. The van der Waals surface area contributed by atoms with Crippen molar-refractivity contribution in [2.75, 3.05) is 13.7 Å². The zero-order valence-electron chi connectivity index (χ0n) is 20.7. The van der Waals surface area contributed by atoms with Gasteiger partial charge in [0.05, 0.1) is 12.0 Å². The Kier molecular flexibility index (Phi) is 9.27. The second-order valence-electron chi connectivity index (χ2n) is 8.64. The summed E-state index contributed by atoms with van der Waals surface area (Å²) in [4.78, 5) is 16.4. The first kappa shape index (κ1) is 29.0. The Bertz CT molecular complexity index is 1410. The first-order chi connectivity index (χ1) is 18.6. The Hall–Kier alpha value is -2.99. The summed E-state index contributed by atoms with van der Waals surface area (Å²) >= 11 is 12.7. The first-order valence-electron chi connectivity index (χ1n) is 11.9. The van der Waals surface area contributed by atoms with E-state index in [0.717, 1.165) is 4.31 Å². The molecule has 0 radical (unpaired) electrons. The molecular formula is C26H25Cl2F2N2O6S+. The topological polar surface area (TPSA) is 96.3 Å². The van der Waals surface area contributed by atoms with Gasteiger partial charge in [0.1, 0.15) is 22.2 Å². The predicted molar refractivity (Wildman–Crippen MR) is 139 cm³/mol. The van der Waals surface area contributed by atoms with Crippen LogP contribution in [-0.4, -0.2) is 45.0 Å². The molecular weight excluding hydrogens is 577 g/mol. The highest BCUT2D eigenvalue weighted by Crippen LogP contribution is 2.37. The third kappa shape index (κ3) is 6.60. The van der Waals surface area contributed by atoms with Crippen LogP contribution >= 0.6 is 23.2 Å². The highest BCUT2D eigenvalue weighted by atomic mass is 35.5. The van der Waals surface area contributed by atoms with E-state index in [1.54, 1.807) is 18.2 Å². The highest BCUT2D eigenvalue weighted by molar-refractivity contribution is 7.89. The number of pyridine rings is 1. The molecule has 1 aliphatic rings. The van der Waals surface area contributed by atoms with Crippen molar-refractivity contribution in [2.45, 2.75) is 42.9 Å². The van der Waals surface area contributed by atoms with Crippen LogP contribution in [0.2, 0.25) is 10.0 Å². The molecule has 1 N–H and O–H groups in total. The molecule has 0 aliphatic carbocycles. The maximum Gasteiger partial charge on any atom is 0.387 e. The number of ether oxygens (including phenoxy) is 3. The van der Waals surface area contributed by atoms with Crippen LogP contribution in [0, 0.1) is 0 Å². The van der Waals surface area contributed by atoms with Crippen LogP contribution in [0.1, 0.15) is 30.1 Å². The number of alkyl halides is 2. The average molecular weight is 602 g/mol. The van der Waals surface area contributed by atoms with Crippen molar-refractivity contribution < 1.29 is 41.2 Å². The summed E-state index contributed by atoms with van der Waals surface area (Å²) < 4.78 is 69.0. The van der Waals surface area contributed by atoms with Gasteiger partial charge in [-0.1, -0.05) is 47.5 Å². The lowest BCUT2D eigenvalue weighted by Crippen LogP contribution is -2.41. The Labute approximate surface area is 234 Å². The molecule has 4 rings (SSSR count). The van der Waals surface area contributed by atoms with Crippen LogP contribution in [0.25, 0.3) is 0 Å². The average Bonchev–Trinajstić information content (AvgIpc) is 3.42. The number of hydrogen-bond acceptors (Lipinski definition) is 6. The largest absolute Gasteiger partial charge is 0.493 e. The van der Waals surface area contributed by atoms with Crippen LogP contribution in [-0.2, 0) is 26.0 Å². The number of methoxy groups -OCH3 is 1. The zero-order chi connectivity index (χ0) is 28.2. The summed E-state index contributed by atoms with van der Waals surface area (Å²) in [6.07, 6.45) is 2.74. The van der Waals surface area contributed by atoms with Gasteiger partial charge in [0.25, 0.3) is 0 Å². The van der Waals surface area contributed by atoms with Crippen molar-refractivity contribution in [3.05, 3.63) is 82.1 Å². The number of aromatic amines is 1. The number of esters is 1. The smallest absolute Gasteiger partial charge is 0.387 e. The second kappa shape index (κ2) is 12.5. The number of carbonyl (C=O) groups is 1. The molecule has 1 saturated heterocycles. The van der Waals surface area contributed by atoms with Gasteiger partial charge in [-0.3, -0.25) is 4.79 Å². The number of rotatable bonds is 10. The van der Waals surface area contributed by atoms with Gasteiger partial charge in [-0.15, -0.1) is 0 Å². The number of sulfonamides is 1. The normalized spacial score (nSPS) is 16.7. The van der Waals surface area contributed by atoms with E-state index >= 15 is 0 Å². The maximum atomic E-state index is 13.5. The van der Waals surface area contributed by atoms with Gasteiger partial charge < -0.3 is 14.2 Å². The molecule has 208 valence electrons. The molecule has 0 saturated carbocycles. The van der Waals surface area contributed by atoms with E-state index in [1.807, 2.05) is 0 Å². The van der Waals surface area contributed by atoms with Crippen LogP contribution < -0.4 is 14.5 Å². The standard InChI is InChI=1S/C26H24Cl2F2N2O6S/c1-36-24-12-16(9-10-22(24)38-26(29)30)23(13-18-19(27)14-31-15-20(18)28)37-25(33)21-8-5-11-32(21)39(34,35)17-6-3-2-4-7-17/h2-4,6-7,9-10,12,14-15,21,23,26H,5,8,11,13H2,1H3/p+1/t21-,23-/m0/s1. The number of H-pyrrole nitrogens is 1. The van der Waals surface area contributed by atoms with Gasteiger partial charge in [0.2, 0.25) is 10.0 Å². The fourth-order valence-electron chi connectivity index (χ4n) is 4.37. The minimum absolute atomic E-state index is 0.00838. The molecule has 1 aromatic heterocycles. The summed E-state index contributed by atoms with van der Waals surface area (Å²) in [5.74, 6) is -0.983. The molecule has 0 spiro atoms. The number of nitrogens with one attached hydrogen (secondary N) is 1. The zero-order valence-corrected chi connectivity index (χ0v) is 23.0. The SMILES string of the molecule is COc1cc([C@H](Cc2c(Cl)c[nH+]cc2Cl)OC(=O)[C@@H]2CCCN2S(=O)(=O)c2ccccc2)ccc1OC(F)F. The molecule has 0 unspecified atom stereocenters. The minimum Gasteiger partial charge on any atom is -0.493 e. The summed E-state index contributed by atoms with van der Waals surface area (Å²) in [7, 11) is -2.67. The molecule has 0 amide bonds. The molecule has 8 nitrogen and oxygen atoms in total. The number of halogens is 4. The van der Waals surface area contributed by atoms with Gasteiger partial charge >= 0.3 is 12.6 Å². The number of carbonyl (C=O) groups excluding carboxylic acids is 1. The lowest BCUT2D eigenvalue weighted by molar-refractivity contribution is -0.377. The molecule has 39 heavy (non-hydrogen) atoms. The third-order valence-corrected chi connectivity index (χ3v) is 8.84. The van der Waals surface area contributed by atoms with E-state index in [1.165, 1.54) is 49.8 Å². The highest BCUT2D eigenvalue weighted by Gasteiger charge is 2.41. The summed E-state index contributed by atoms with van der Waals surface area (Å²) in [5.41, 5.74) is 0.833. The van der Waals surface area contributed by atoms with Crippen molar-refractivity contribution in [2.24, 2.45) is 0 Å². The van der Waals surface area contributed by atoms with Crippen LogP contribution in [0.5, 0.6) is 11.5 Å². The van der Waals surface area contributed by atoms with Crippen molar-refractivity contribution >= 4 is 39.2 Å². The lowest BCUT2D eigenvalue weighted by atomic mass is 10.0. The second-order valence-corrected chi connectivity index (χ2v) is 11.3. The molecule has 0 bridgehead atoms. The molecule has 1 aliphatic heterocycles. The van der Waals surface area contributed by atoms with Gasteiger partial charge in [-0.05, 0) is 42.7 Å². The maximum absolute atomic E-state index is 13.5. The van der Waals surface area contributed by atoms with Gasteiger partial charge in [0.15, 0.2) is 23.9 Å². The molecule has 2 atom stereocenters. The Morgan fingerprint density at radius 3 is 2.44 bits per heavy atom. The fraction of sp³-hybridized carbons (Fsp3) is 0.308. The fourth-order valence-corrected chi connectivity index (χ4v) is 6.57. The van der Waals surface area contributed by atoms with Gasteiger partial charge in [0, 0.05) is 18.5 Å². The number of benzene rings is 2. The van der Waals surface area contributed by atoms with Crippen LogP contribution in [0.15, 0.2) is 65.8 Å². The van der Waals surface area contributed by atoms with Crippen molar-refractivity contribution in [3.8, 4) is 11.5 Å². The Morgan fingerprint density at radius 2 is 1.79 bits per heavy atom. The van der Waals surface area contributed by atoms with Crippen molar-refractivity contribution in [3.63, 3.8) is 0 Å². The molecule has 13 heteroatoms. The number of nitrogens with zero attached hydrogens (tertiary/aromatic N) is 1. The van der Waals surface area contributed by atoms with E-state index in [4.69, 9.17) is 32.7 Å². The lowest BCUT2D eigenvalue weighted by Gasteiger charge is -2.26. The van der Waals surface area contributed by atoms with Crippen LogP contribution in [0.3, 0.4) is 0 Å². The van der Waals surface area contributed by atoms with Crippen molar-refractivity contribution in [1.29, 1.82) is 0 Å². The molecule has 2 heterocycles. The molecule has 1 fully saturated rings. The van der Waals surface area contributed by atoms with E-state index < -0.39 is 34.7 Å². The summed E-state index contributed by atoms with van der Waals surface area (Å²) in [5, 5.41) is 0.560. The first-order valence-corrected chi connectivity index (χ1v) is 14.1. The van der Waals surface area contributed by atoms with E-state index in [-0.39, 0.29) is 45.8 Å². The van der Waals surface area contributed by atoms with Gasteiger partial charge in [-0.25, -0.2) is 13.4 Å². The predicted octanol–water partition coefficient (Wildman–Crippen LogP) is 5.10. The van der Waals surface area contributed by atoms with Crippen LogP contribution in [0.4, 0.5) is 8.78 Å². The quantitative estimate of drug-likeness (QED) is 0.300. The van der Waals surface area contributed by atoms with Gasteiger partial charge in [-0.2, -0.15) is 13.1 Å². The molecule has 2 aromatic carbocycles. The summed E-state index contributed by atoms with van der Waals surface area (Å²) in [6, 6.07) is 10.9. The minimum atomic E-state index is -3.95. The third-order valence-electron chi connectivity index (χ3n) is 6.25. The van der Waals surface area contributed by atoms with Crippen molar-refractivity contribution in [1.82, 2.24) is 4.31 Å².